The van der Waals surface area contributed by atoms with Crippen molar-refractivity contribution in [2.24, 2.45) is 5.50 Å². The average molecular weight is 845 g/mol. The third-order valence-corrected chi connectivity index (χ3v) is 7.33. The van der Waals surface area contributed by atoms with Crippen LogP contribution < -0.4 is 26.8 Å². The van der Waals surface area contributed by atoms with Gasteiger partial charge in [-0.2, -0.15) is 4.39 Å². The van der Waals surface area contributed by atoms with Crippen LogP contribution in [0.5, 0.6) is 0 Å². The van der Waals surface area contributed by atoms with E-state index in [1.54, 1.807) is 14.0 Å². The summed E-state index contributed by atoms with van der Waals surface area (Å²) in [7, 11) is 1.68. The van der Waals surface area contributed by atoms with Crippen molar-refractivity contribution in [3.05, 3.63) is 28.8 Å². The molecule has 10 N–H and O–H groups in total. The number of nitrogens with two attached hydrogens (primary N) is 1. The average Bonchev–Trinajstić information content (AvgIpc) is 3.13. The molecule has 1 heterocycles. The summed E-state index contributed by atoms with van der Waals surface area (Å²) in [6.07, 6.45) is 13.6. The summed E-state index contributed by atoms with van der Waals surface area (Å²) in [5.74, 6) is -3.64. The number of rotatable bonds is 28. The number of hydrogen-bond donors (Lipinski definition) is 9. The van der Waals surface area contributed by atoms with Crippen LogP contribution in [0.3, 0.4) is 0 Å². The van der Waals surface area contributed by atoms with Crippen molar-refractivity contribution in [2.45, 2.75) is 109 Å². The molecule has 0 saturated heterocycles. The first kappa shape index (κ1) is 59.0. The topological polar surface area (TPSA) is 297 Å². The molecule has 1 rings (SSSR count). The highest BCUT2D eigenvalue weighted by Crippen LogP contribution is 2.19. The molecule has 0 saturated carbocycles. The zero-order chi connectivity index (χ0) is 43.4. The standard InChI is InChI=1S/C10H22N3O5P.C7H13NO2.C7H15NO.C6H5ClFN.C5H8O4/c1-12-8(10(15)16)4-5-9(14)13-6-2-3-7-18-19(11)17;9-6-4-2-1-3-5-8-7-10;1-8-6-4-2-3-5-7-9;1-4-2-5(7)6(8)9-3-4;6-4(7)2-1-3-5(8)9/h8,12,17H,2-7,11H2,1H3,(H,13,14)(H,15,16);6-7H,1-5H2,(H,8,10);7-8H,2-6H2,1H3;2-3H,1H3;1-3H2,(H,6,7)(H,8,9). The van der Waals surface area contributed by atoms with Crippen molar-refractivity contribution in [1.29, 1.82) is 0 Å². The third-order valence-electron chi connectivity index (χ3n) is 6.61. The molecule has 0 radical (unpaired) electrons. The number of nitrogens with zero attached hydrogens (tertiary/aromatic N) is 1. The van der Waals surface area contributed by atoms with E-state index in [0.29, 0.717) is 38.8 Å². The SMILES string of the molecule is CNC(CCC(=O)NCCCCOP(N)O)C(=O)O.CNCCCCCC=O.Cc1cnc(F)c(Cl)c1.O=C(O)CCCC(=O)O.O=CCCCCCNC=O. The fourth-order valence-corrected chi connectivity index (χ4v) is 4.21. The number of carbonyl (C=O) groups is 7. The maximum absolute atomic E-state index is 12.3. The number of aliphatic carboxylic acids is 3. The monoisotopic (exact) mass is 844 g/mol. The summed E-state index contributed by atoms with van der Waals surface area (Å²) in [5.41, 5.74) is 5.90. The van der Waals surface area contributed by atoms with Crippen molar-refractivity contribution in [3.63, 3.8) is 0 Å². The summed E-state index contributed by atoms with van der Waals surface area (Å²) in [6.45, 7) is 4.45. The normalized spacial score (nSPS) is 10.8. The molecule has 2 unspecified atom stereocenters. The van der Waals surface area contributed by atoms with Crippen molar-refractivity contribution in [1.82, 2.24) is 26.3 Å². The Labute approximate surface area is 335 Å². The minimum atomic E-state index is -1.81. The molecule has 1 aromatic heterocycles. The van der Waals surface area contributed by atoms with E-state index in [1.165, 1.54) is 25.1 Å². The Morgan fingerprint density at radius 2 is 1.43 bits per heavy atom. The first-order chi connectivity index (χ1) is 26.6. The molecular formula is C35H63ClFN6O12P. The number of unbranched alkanes of at least 4 members (excludes halogenated alkanes) is 7. The van der Waals surface area contributed by atoms with Crippen molar-refractivity contribution < 1.29 is 62.7 Å². The molecular weight excluding hydrogens is 782 g/mol. The highest BCUT2D eigenvalue weighted by atomic mass is 35.5. The lowest BCUT2D eigenvalue weighted by molar-refractivity contribution is -0.140. The number of amides is 2. The number of aryl methyl sites for hydroxylation is 1. The smallest absolute Gasteiger partial charge is 0.320 e. The molecule has 2 amide bonds. The first-order valence-electron chi connectivity index (χ1n) is 18.1. The quantitative estimate of drug-likeness (QED) is 0.0252. The highest BCUT2D eigenvalue weighted by molar-refractivity contribution is 7.43. The predicted molar refractivity (Wildman–Crippen MR) is 211 cm³/mol. The summed E-state index contributed by atoms with van der Waals surface area (Å²) < 4.78 is 17.0. The Bertz CT molecular complexity index is 1150. The molecule has 0 aliphatic rings. The van der Waals surface area contributed by atoms with Gasteiger partial charge in [-0.3, -0.25) is 29.5 Å². The second-order valence-electron chi connectivity index (χ2n) is 11.5. The number of nitrogens with one attached hydrogen (secondary N) is 4. The second kappa shape index (κ2) is 45.7. The Morgan fingerprint density at radius 3 is 1.86 bits per heavy atom. The number of halogens is 2. The molecule has 0 spiro atoms. The van der Waals surface area contributed by atoms with E-state index in [-0.39, 0.29) is 43.0 Å². The minimum Gasteiger partial charge on any atom is -0.481 e. The largest absolute Gasteiger partial charge is 0.481 e. The minimum absolute atomic E-state index is 0.0632. The van der Waals surface area contributed by atoms with Gasteiger partial charge in [0, 0.05) is 51.4 Å². The van der Waals surface area contributed by atoms with Crippen LogP contribution >= 0.6 is 20.1 Å². The second-order valence-corrected chi connectivity index (χ2v) is 12.8. The van der Waals surface area contributed by atoms with E-state index in [4.69, 9.17) is 41.8 Å². The van der Waals surface area contributed by atoms with E-state index >= 15 is 0 Å². The fraction of sp³-hybridized carbons (Fsp3) is 0.657. The summed E-state index contributed by atoms with van der Waals surface area (Å²) >= 11 is 5.38. The van der Waals surface area contributed by atoms with Crippen LogP contribution in [-0.4, -0.2) is 114 Å². The van der Waals surface area contributed by atoms with Crippen LogP contribution in [-0.2, 0) is 38.1 Å². The molecule has 0 bridgehead atoms. The maximum Gasteiger partial charge on any atom is 0.320 e. The molecule has 2 atom stereocenters. The number of carboxylic acids is 3. The number of hydrogen-bond acceptors (Lipinski definition) is 13. The van der Waals surface area contributed by atoms with E-state index in [2.05, 4.69) is 26.3 Å². The maximum atomic E-state index is 12.3. The first-order valence-corrected chi connectivity index (χ1v) is 19.7. The number of pyridine rings is 1. The van der Waals surface area contributed by atoms with Gasteiger partial charge in [-0.05, 0) is 90.6 Å². The zero-order valence-corrected chi connectivity index (χ0v) is 34.3. The Hall–Kier alpha value is -3.71. The molecule has 1 aromatic rings. The Kier molecular flexibility index (Phi) is 48.1. The number of aldehydes is 2. The van der Waals surface area contributed by atoms with Crippen LogP contribution in [0.4, 0.5) is 4.39 Å². The molecule has 18 nitrogen and oxygen atoms in total. The number of carbonyl (C=O) groups excluding carboxylic acids is 4. The summed E-state index contributed by atoms with van der Waals surface area (Å²) in [5, 5.41) is 35.8. The molecule has 0 fully saturated rings. The third kappa shape index (κ3) is 52.4. The van der Waals surface area contributed by atoms with Gasteiger partial charge in [0.15, 0.2) is 0 Å². The fourth-order valence-electron chi connectivity index (χ4n) is 3.67. The zero-order valence-electron chi connectivity index (χ0n) is 32.7. The highest BCUT2D eigenvalue weighted by Gasteiger charge is 2.15. The van der Waals surface area contributed by atoms with Gasteiger partial charge in [-0.15, -0.1) is 0 Å². The van der Waals surface area contributed by atoms with Gasteiger partial charge in [0.25, 0.3) is 0 Å². The van der Waals surface area contributed by atoms with Gasteiger partial charge in [-0.25, -0.2) is 4.98 Å². The number of likely N-dealkylation sites (N-methyl/N-ethyl adjacent to an activating group) is 1. The summed E-state index contributed by atoms with van der Waals surface area (Å²) in [4.78, 5) is 83.1. The van der Waals surface area contributed by atoms with Crippen LogP contribution in [0.1, 0.15) is 102 Å². The molecule has 21 heteroatoms. The van der Waals surface area contributed by atoms with Gasteiger partial charge >= 0.3 is 17.9 Å². The van der Waals surface area contributed by atoms with Crippen molar-refractivity contribution in [2.75, 3.05) is 40.3 Å². The van der Waals surface area contributed by atoms with Crippen LogP contribution in [0.25, 0.3) is 0 Å². The van der Waals surface area contributed by atoms with Crippen molar-refractivity contribution in [3.8, 4) is 0 Å². The predicted octanol–water partition coefficient (Wildman–Crippen LogP) is 3.50. The van der Waals surface area contributed by atoms with Crippen molar-refractivity contribution >= 4 is 62.9 Å². The van der Waals surface area contributed by atoms with Crippen LogP contribution in [0.15, 0.2) is 12.3 Å². The van der Waals surface area contributed by atoms with Gasteiger partial charge < -0.3 is 55.6 Å². The number of carboxylic acid groups (broad SMARTS) is 3. The molecule has 56 heavy (non-hydrogen) atoms. The Morgan fingerprint density at radius 1 is 0.875 bits per heavy atom. The lowest BCUT2D eigenvalue weighted by atomic mass is 10.1. The molecule has 0 aliphatic carbocycles. The van der Waals surface area contributed by atoms with E-state index < -0.39 is 38.4 Å². The molecule has 0 aliphatic heterocycles. The van der Waals surface area contributed by atoms with Gasteiger partial charge in [-0.1, -0.05) is 24.4 Å². The van der Waals surface area contributed by atoms with Crippen LogP contribution in [0.2, 0.25) is 5.02 Å². The lowest BCUT2D eigenvalue weighted by Crippen LogP contribution is -2.35. The van der Waals surface area contributed by atoms with Gasteiger partial charge in [0.1, 0.15) is 18.6 Å². The van der Waals surface area contributed by atoms with Gasteiger partial charge in [0.05, 0.1) is 11.6 Å². The van der Waals surface area contributed by atoms with E-state index in [9.17, 15) is 38.0 Å². The van der Waals surface area contributed by atoms with Crippen LogP contribution in [0, 0.1) is 12.9 Å². The Balaban J connectivity index is -0.000000316. The molecule has 324 valence electrons. The lowest BCUT2D eigenvalue weighted by Gasteiger charge is -2.11. The number of aromatic nitrogens is 1. The van der Waals surface area contributed by atoms with E-state index in [1.807, 2.05) is 7.05 Å². The molecule has 0 aromatic carbocycles. The van der Waals surface area contributed by atoms with Gasteiger partial charge in [0.2, 0.25) is 26.8 Å². The summed E-state index contributed by atoms with van der Waals surface area (Å²) in [6, 6.07) is 0.830. The van der Waals surface area contributed by atoms with E-state index in [0.717, 1.165) is 63.3 Å².